The predicted molar refractivity (Wildman–Crippen MR) is 100 cm³/mol. The summed E-state index contributed by atoms with van der Waals surface area (Å²) >= 11 is 0. The molecule has 1 unspecified atom stereocenters. The highest BCUT2D eigenvalue weighted by atomic mass is 19.4. The van der Waals surface area contributed by atoms with Crippen molar-refractivity contribution in [3.05, 3.63) is 41.6 Å². The summed E-state index contributed by atoms with van der Waals surface area (Å²) in [6, 6.07) is 1.73. The van der Waals surface area contributed by atoms with Crippen LogP contribution in [-0.4, -0.2) is 53.6 Å². The van der Waals surface area contributed by atoms with Gasteiger partial charge in [-0.25, -0.2) is 0 Å². The third-order valence-electron chi connectivity index (χ3n) is 4.56. The standard InChI is InChI=1S/C19H25F3N4O2/c1-5-16(17(23-4)19(20,21)22)28-11-13-7-6-8-26(10-13)18(27)15-9-14(12(2)3)24-25-15/h5,9,12-13H,1,4,6-8,10-11H2,2-3H3,(H,24,25)/b17-16+. The lowest BCUT2D eigenvalue weighted by Crippen LogP contribution is -2.41. The number of piperidine rings is 1. The largest absolute Gasteiger partial charge is 0.491 e. The smallest absolute Gasteiger partial charge is 0.437 e. The zero-order valence-corrected chi connectivity index (χ0v) is 16.1. The van der Waals surface area contributed by atoms with E-state index in [0.717, 1.165) is 24.6 Å². The highest BCUT2D eigenvalue weighted by Crippen LogP contribution is 2.30. The number of halogens is 3. The second kappa shape index (κ2) is 9.07. The van der Waals surface area contributed by atoms with E-state index in [1.165, 1.54) is 0 Å². The topological polar surface area (TPSA) is 70.6 Å². The summed E-state index contributed by atoms with van der Waals surface area (Å²) in [7, 11) is 0. The normalized spacial score (nSPS) is 18.6. The molecule has 0 spiro atoms. The first-order chi connectivity index (χ1) is 13.2. The molecule has 6 nitrogen and oxygen atoms in total. The van der Waals surface area contributed by atoms with Crippen LogP contribution in [0.4, 0.5) is 13.2 Å². The van der Waals surface area contributed by atoms with Gasteiger partial charge in [0.1, 0.15) is 11.5 Å². The number of amides is 1. The number of aromatic nitrogens is 2. The molecule has 9 heteroatoms. The zero-order chi connectivity index (χ0) is 20.9. The highest BCUT2D eigenvalue weighted by Gasteiger charge is 2.37. The van der Waals surface area contributed by atoms with Crippen molar-refractivity contribution in [2.24, 2.45) is 10.9 Å². The lowest BCUT2D eigenvalue weighted by Gasteiger charge is -2.32. The number of hydrogen-bond donors (Lipinski definition) is 1. The Labute approximate surface area is 162 Å². The quantitative estimate of drug-likeness (QED) is 0.428. The molecule has 0 radical (unpaired) electrons. The molecule has 2 heterocycles. The van der Waals surface area contributed by atoms with Crippen LogP contribution in [0.3, 0.4) is 0 Å². The number of allylic oxidation sites excluding steroid dienone is 2. The average Bonchev–Trinajstić information content (AvgIpc) is 3.14. The molecule has 1 aliphatic heterocycles. The van der Waals surface area contributed by atoms with Gasteiger partial charge in [-0.05, 0) is 37.6 Å². The van der Waals surface area contributed by atoms with Crippen molar-refractivity contribution in [2.75, 3.05) is 19.7 Å². The minimum Gasteiger partial charge on any atom is -0.491 e. The van der Waals surface area contributed by atoms with Gasteiger partial charge in [0, 0.05) is 24.7 Å². The second-order valence-corrected chi connectivity index (χ2v) is 7.01. The molecule has 0 bridgehead atoms. The van der Waals surface area contributed by atoms with Crippen molar-refractivity contribution in [1.82, 2.24) is 15.1 Å². The molecule has 1 aromatic rings. The van der Waals surface area contributed by atoms with Crippen molar-refractivity contribution in [3.63, 3.8) is 0 Å². The lowest BCUT2D eigenvalue weighted by atomic mass is 9.98. The number of alkyl halides is 3. The molecule has 1 amide bonds. The van der Waals surface area contributed by atoms with Gasteiger partial charge >= 0.3 is 6.18 Å². The van der Waals surface area contributed by atoms with Gasteiger partial charge in [-0.3, -0.25) is 14.9 Å². The fourth-order valence-corrected chi connectivity index (χ4v) is 3.03. The van der Waals surface area contributed by atoms with E-state index in [4.69, 9.17) is 4.74 Å². The minimum absolute atomic E-state index is 0.0258. The minimum atomic E-state index is -4.67. The van der Waals surface area contributed by atoms with Gasteiger partial charge in [-0.15, -0.1) is 0 Å². The first-order valence-electron chi connectivity index (χ1n) is 9.05. The van der Waals surface area contributed by atoms with Crippen molar-refractivity contribution >= 4 is 12.6 Å². The predicted octanol–water partition coefficient (Wildman–Crippen LogP) is 4.06. The molecule has 154 valence electrons. The summed E-state index contributed by atoms with van der Waals surface area (Å²) in [5, 5.41) is 6.93. The molecular weight excluding hydrogens is 373 g/mol. The number of hydrogen-bond acceptors (Lipinski definition) is 4. The van der Waals surface area contributed by atoms with Gasteiger partial charge in [0.15, 0.2) is 5.70 Å². The van der Waals surface area contributed by atoms with Crippen LogP contribution in [0.1, 0.15) is 48.8 Å². The Morgan fingerprint density at radius 2 is 2.25 bits per heavy atom. The van der Waals surface area contributed by atoms with E-state index < -0.39 is 17.6 Å². The first-order valence-corrected chi connectivity index (χ1v) is 9.05. The Morgan fingerprint density at radius 1 is 1.54 bits per heavy atom. The highest BCUT2D eigenvalue weighted by molar-refractivity contribution is 5.92. The van der Waals surface area contributed by atoms with E-state index in [1.54, 1.807) is 11.0 Å². The Balaban J connectivity index is 2.02. The number of ether oxygens (including phenoxy) is 1. The molecule has 1 aliphatic rings. The van der Waals surface area contributed by atoms with Crippen LogP contribution in [0.2, 0.25) is 0 Å². The number of aromatic amines is 1. The summed E-state index contributed by atoms with van der Waals surface area (Å²) in [4.78, 5) is 17.4. The summed E-state index contributed by atoms with van der Waals surface area (Å²) in [5.41, 5.74) is 0.00810. The van der Waals surface area contributed by atoms with Gasteiger partial charge in [-0.1, -0.05) is 20.4 Å². The van der Waals surface area contributed by atoms with Gasteiger partial charge in [-0.2, -0.15) is 18.3 Å². The molecule has 1 saturated heterocycles. The molecule has 1 aromatic heterocycles. The van der Waals surface area contributed by atoms with E-state index in [-0.39, 0.29) is 24.3 Å². The van der Waals surface area contributed by atoms with E-state index in [0.29, 0.717) is 18.8 Å². The SMILES string of the molecule is C=C/C(OCC1CCCN(C(=O)c2cc(C(C)C)[nH]n2)C1)=C(\N=C)C(F)(F)F. The maximum atomic E-state index is 13.0. The fraction of sp³-hybridized carbons (Fsp3) is 0.526. The number of aliphatic imine (C=N–C) groups is 1. The third kappa shape index (κ3) is 5.24. The maximum Gasteiger partial charge on any atom is 0.437 e. The molecule has 0 saturated carbocycles. The Morgan fingerprint density at radius 3 is 2.79 bits per heavy atom. The Kier molecular flexibility index (Phi) is 7.04. The number of nitrogens with zero attached hydrogens (tertiary/aromatic N) is 3. The summed E-state index contributed by atoms with van der Waals surface area (Å²) in [6.45, 7) is 11.3. The van der Waals surface area contributed by atoms with Crippen LogP contribution in [0.5, 0.6) is 0 Å². The maximum absolute atomic E-state index is 13.0. The van der Waals surface area contributed by atoms with Crippen LogP contribution in [0.25, 0.3) is 0 Å². The Hall–Kier alpha value is -2.58. The van der Waals surface area contributed by atoms with Gasteiger partial charge in [0.25, 0.3) is 5.91 Å². The van der Waals surface area contributed by atoms with Gasteiger partial charge in [0.05, 0.1) is 6.61 Å². The Bertz CT molecular complexity index is 753. The molecule has 0 aliphatic carbocycles. The zero-order valence-electron chi connectivity index (χ0n) is 16.1. The summed E-state index contributed by atoms with van der Waals surface area (Å²) in [6.07, 6.45) is -2.22. The molecule has 1 atom stereocenters. The molecule has 28 heavy (non-hydrogen) atoms. The van der Waals surface area contributed by atoms with E-state index in [1.807, 2.05) is 13.8 Å². The lowest BCUT2D eigenvalue weighted by molar-refractivity contribution is -0.0958. The average molecular weight is 398 g/mol. The van der Waals surface area contributed by atoms with Crippen LogP contribution < -0.4 is 0 Å². The van der Waals surface area contributed by atoms with E-state index in [9.17, 15) is 18.0 Å². The monoisotopic (exact) mass is 398 g/mol. The number of H-pyrrole nitrogens is 1. The molecule has 0 aromatic carbocycles. The first kappa shape index (κ1) is 21.7. The summed E-state index contributed by atoms with van der Waals surface area (Å²) in [5.74, 6) is -0.534. The summed E-state index contributed by atoms with van der Waals surface area (Å²) < 4.78 is 44.2. The number of nitrogens with one attached hydrogen (secondary N) is 1. The van der Waals surface area contributed by atoms with Crippen LogP contribution >= 0.6 is 0 Å². The molecular formula is C19H25F3N4O2. The van der Waals surface area contributed by atoms with E-state index >= 15 is 0 Å². The second-order valence-electron chi connectivity index (χ2n) is 7.01. The number of rotatable bonds is 7. The number of likely N-dealkylation sites (tertiary alicyclic amines) is 1. The number of carbonyl (C=O) groups excluding carboxylic acids is 1. The van der Waals surface area contributed by atoms with Crippen molar-refractivity contribution in [2.45, 2.75) is 38.8 Å². The van der Waals surface area contributed by atoms with Crippen LogP contribution in [0, 0.1) is 5.92 Å². The molecule has 1 N–H and O–H groups in total. The third-order valence-corrected chi connectivity index (χ3v) is 4.56. The van der Waals surface area contributed by atoms with Crippen molar-refractivity contribution < 1.29 is 22.7 Å². The van der Waals surface area contributed by atoms with E-state index in [2.05, 4.69) is 28.5 Å². The fourth-order valence-electron chi connectivity index (χ4n) is 3.03. The number of carbonyl (C=O) groups is 1. The van der Waals surface area contributed by atoms with Crippen LogP contribution in [-0.2, 0) is 4.74 Å². The van der Waals surface area contributed by atoms with Crippen LogP contribution in [0.15, 0.2) is 35.2 Å². The van der Waals surface area contributed by atoms with Gasteiger partial charge in [0.2, 0.25) is 0 Å². The van der Waals surface area contributed by atoms with Crippen molar-refractivity contribution in [3.8, 4) is 0 Å². The molecule has 1 fully saturated rings. The van der Waals surface area contributed by atoms with Gasteiger partial charge < -0.3 is 9.64 Å². The molecule has 2 rings (SSSR count). The van der Waals surface area contributed by atoms with Crippen molar-refractivity contribution in [1.29, 1.82) is 0 Å².